The summed E-state index contributed by atoms with van der Waals surface area (Å²) in [5.74, 6) is -0.121. The Bertz CT molecular complexity index is 1110. The van der Waals surface area contributed by atoms with Crippen LogP contribution in [-0.2, 0) is 15.8 Å². The molecular formula is C24H22F3NO4. The first-order valence-corrected chi connectivity index (χ1v) is 10.2. The van der Waals surface area contributed by atoms with E-state index >= 15 is 0 Å². The maximum Gasteiger partial charge on any atom is 0.416 e. The van der Waals surface area contributed by atoms with Crippen LogP contribution >= 0.6 is 0 Å². The van der Waals surface area contributed by atoms with E-state index in [1.807, 2.05) is 0 Å². The lowest BCUT2D eigenvalue weighted by Gasteiger charge is -2.38. The number of nitrogens with zero attached hydrogens (tertiary/aromatic N) is 1. The number of hydrogen-bond acceptors (Lipinski definition) is 4. The van der Waals surface area contributed by atoms with Crippen LogP contribution in [0.25, 0.3) is 0 Å². The number of benzene rings is 2. The molecule has 0 N–H and O–H groups in total. The van der Waals surface area contributed by atoms with Crippen LogP contribution in [0.3, 0.4) is 0 Å². The van der Waals surface area contributed by atoms with Gasteiger partial charge in [0.2, 0.25) is 5.91 Å². The minimum absolute atomic E-state index is 0.0651. The molecule has 2 aliphatic rings. The molecule has 5 nitrogen and oxygen atoms in total. The third-order valence-corrected chi connectivity index (χ3v) is 5.92. The van der Waals surface area contributed by atoms with Gasteiger partial charge in [-0.15, -0.1) is 0 Å². The highest BCUT2D eigenvalue weighted by Gasteiger charge is 2.41. The molecule has 1 heterocycles. The Morgan fingerprint density at radius 1 is 1.00 bits per heavy atom. The number of Topliss-reactive ketones (excluding diaryl/α,β-unsaturated/α-hetero) is 1. The molecule has 2 aromatic carbocycles. The summed E-state index contributed by atoms with van der Waals surface area (Å²) in [6.07, 6.45) is -3.32. The molecule has 4 rings (SSSR count). The second kappa shape index (κ2) is 8.33. The number of methoxy groups -OCH3 is 2. The summed E-state index contributed by atoms with van der Waals surface area (Å²) >= 11 is 0. The lowest BCUT2D eigenvalue weighted by molar-refractivity contribution is -0.137. The van der Waals surface area contributed by atoms with Crippen LogP contribution in [0.5, 0.6) is 11.5 Å². The monoisotopic (exact) mass is 445 g/mol. The smallest absolute Gasteiger partial charge is 0.416 e. The Labute approximate surface area is 183 Å². The molecule has 0 aromatic heterocycles. The van der Waals surface area contributed by atoms with E-state index in [0.29, 0.717) is 47.6 Å². The van der Waals surface area contributed by atoms with Crippen LogP contribution in [-0.4, -0.2) is 25.9 Å². The number of alkyl halides is 3. The number of carbonyl (C=O) groups excluding carboxylic acids is 2. The lowest BCUT2D eigenvalue weighted by Crippen LogP contribution is -2.40. The van der Waals surface area contributed by atoms with E-state index in [2.05, 4.69) is 0 Å². The standard InChI is InChI=1S/C24H22F3NO4/c1-31-20-11-4-8-16(23(20)32-2)17-13-21(30)28(18-9-5-10-19(29)22(17)18)15-7-3-6-14(12-15)24(25,26)27/h3-4,6-8,11-12,17H,5,9-10,13H2,1-2H3. The maximum atomic E-state index is 13.3. The number of carbonyl (C=O) groups is 2. The molecule has 8 heteroatoms. The first-order chi connectivity index (χ1) is 15.3. The molecule has 1 amide bonds. The van der Waals surface area contributed by atoms with Crippen LogP contribution in [0, 0.1) is 0 Å². The number of allylic oxidation sites excluding steroid dienone is 2. The van der Waals surface area contributed by atoms with E-state index in [1.165, 1.54) is 31.3 Å². The van der Waals surface area contributed by atoms with E-state index in [1.54, 1.807) is 18.2 Å². The fraction of sp³-hybridized carbons (Fsp3) is 0.333. The number of para-hydroxylation sites is 1. The van der Waals surface area contributed by atoms with Crippen LogP contribution < -0.4 is 14.4 Å². The van der Waals surface area contributed by atoms with Crippen molar-refractivity contribution in [3.8, 4) is 11.5 Å². The number of halogens is 3. The average molecular weight is 445 g/mol. The van der Waals surface area contributed by atoms with Crippen molar-refractivity contribution in [1.29, 1.82) is 0 Å². The molecule has 2 aromatic rings. The molecular weight excluding hydrogens is 423 g/mol. The summed E-state index contributed by atoms with van der Waals surface area (Å²) in [7, 11) is 2.98. The van der Waals surface area contributed by atoms with Crippen molar-refractivity contribution in [2.24, 2.45) is 0 Å². The first-order valence-electron chi connectivity index (χ1n) is 10.2. The highest BCUT2D eigenvalue weighted by atomic mass is 19.4. The van der Waals surface area contributed by atoms with E-state index < -0.39 is 17.7 Å². The van der Waals surface area contributed by atoms with Gasteiger partial charge >= 0.3 is 6.18 Å². The van der Waals surface area contributed by atoms with Crippen LogP contribution in [0.4, 0.5) is 18.9 Å². The van der Waals surface area contributed by atoms with Crippen molar-refractivity contribution in [2.75, 3.05) is 19.1 Å². The lowest BCUT2D eigenvalue weighted by atomic mass is 9.76. The molecule has 32 heavy (non-hydrogen) atoms. The predicted octanol–water partition coefficient (Wildman–Crippen LogP) is 5.25. The zero-order valence-electron chi connectivity index (χ0n) is 17.7. The second-order valence-electron chi connectivity index (χ2n) is 7.75. The van der Waals surface area contributed by atoms with Gasteiger partial charge in [-0.2, -0.15) is 13.2 Å². The summed E-state index contributed by atoms with van der Waals surface area (Å²) in [6, 6.07) is 9.91. The molecule has 0 bridgehead atoms. The second-order valence-corrected chi connectivity index (χ2v) is 7.75. The van der Waals surface area contributed by atoms with E-state index in [4.69, 9.17) is 9.47 Å². The van der Waals surface area contributed by atoms with Gasteiger partial charge in [0, 0.05) is 41.3 Å². The molecule has 0 saturated heterocycles. The van der Waals surface area contributed by atoms with E-state index in [0.717, 1.165) is 12.1 Å². The summed E-state index contributed by atoms with van der Waals surface area (Å²) in [5, 5.41) is 0. The van der Waals surface area contributed by atoms with E-state index in [-0.39, 0.29) is 23.8 Å². The third-order valence-electron chi connectivity index (χ3n) is 5.92. The topological polar surface area (TPSA) is 55.8 Å². The summed E-state index contributed by atoms with van der Waals surface area (Å²) in [4.78, 5) is 27.6. The molecule has 1 aliphatic heterocycles. The number of ether oxygens (including phenoxy) is 2. The van der Waals surface area contributed by atoms with Crippen molar-refractivity contribution >= 4 is 17.4 Å². The third kappa shape index (κ3) is 3.74. The van der Waals surface area contributed by atoms with Gasteiger partial charge in [0.25, 0.3) is 0 Å². The van der Waals surface area contributed by atoms with Gasteiger partial charge in [0.1, 0.15) is 0 Å². The van der Waals surface area contributed by atoms with Crippen molar-refractivity contribution < 1.29 is 32.2 Å². The fourth-order valence-corrected chi connectivity index (χ4v) is 4.57. The Kier molecular flexibility index (Phi) is 5.71. The highest BCUT2D eigenvalue weighted by molar-refractivity contribution is 6.07. The highest BCUT2D eigenvalue weighted by Crippen LogP contribution is 2.47. The molecule has 0 spiro atoms. The van der Waals surface area contributed by atoms with Gasteiger partial charge in [0.05, 0.1) is 19.8 Å². The number of rotatable bonds is 4. The zero-order chi connectivity index (χ0) is 23.0. The van der Waals surface area contributed by atoms with Crippen molar-refractivity contribution in [2.45, 2.75) is 37.8 Å². The summed E-state index contributed by atoms with van der Waals surface area (Å²) < 4.78 is 50.7. The molecule has 0 saturated carbocycles. The van der Waals surface area contributed by atoms with Gasteiger partial charge in [-0.25, -0.2) is 0 Å². The quantitative estimate of drug-likeness (QED) is 0.645. The Balaban J connectivity index is 1.88. The molecule has 1 aliphatic carbocycles. The maximum absolute atomic E-state index is 13.3. The minimum atomic E-state index is -4.54. The van der Waals surface area contributed by atoms with Crippen LogP contribution in [0.15, 0.2) is 53.7 Å². The van der Waals surface area contributed by atoms with Gasteiger partial charge < -0.3 is 9.47 Å². The summed E-state index contributed by atoms with van der Waals surface area (Å²) in [5.41, 5.74) is 0.838. The molecule has 1 atom stereocenters. The normalized spacial score (nSPS) is 19.2. The van der Waals surface area contributed by atoms with Gasteiger partial charge in [-0.05, 0) is 37.1 Å². The Hall–Kier alpha value is -3.29. The van der Waals surface area contributed by atoms with Gasteiger partial charge in [0.15, 0.2) is 17.3 Å². The van der Waals surface area contributed by atoms with Gasteiger partial charge in [-0.3, -0.25) is 14.5 Å². The number of ketones is 1. The van der Waals surface area contributed by atoms with Crippen LogP contribution in [0.1, 0.15) is 42.7 Å². The van der Waals surface area contributed by atoms with Crippen molar-refractivity contribution in [3.05, 3.63) is 64.9 Å². The van der Waals surface area contributed by atoms with Gasteiger partial charge in [-0.1, -0.05) is 18.2 Å². The fourth-order valence-electron chi connectivity index (χ4n) is 4.57. The Morgan fingerprint density at radius 3 is 2.44 bits per heavy atom. The number of amides is 1. The SMILES string of the molecule is COc1cccc(C2CC(=O)N(c3cccc(C(F)(F)F)c3)C3=C2C(=O)CCC3)c1OC. The van der Waals surface area contributed by atoms with Crippen molar-refractivity contribution in [1.82, 2.24) is 0 Å². The largest absolute Gasteiger partial charge is 0.493 e. The average Bonchev–Trinajstić information content (AvgIpc) is 2.77. The Morgan fingerprint density at radius 2 is 1.75 bits per heavy atom. The minimum Gasteiger partial charge on any atom is -0.493 e. The zero-order valence-corrected chi connectivity index (χ0v) is 17.7. The molecule has 0 fully saturated rings. The predicted molar refractivity (Wildman–Crippen MR) is 112 cm³/mol. The number of hydrogen-bond donors (Lipinski definition) is 0. The number of anilines is 1. The van der Waals surface area contributed by atoms with E-state index in [9.17, 15) is 22.8 Å². The van der Waals surface area contributed by atoms with Crippen LogP contribution in [0.2, 0.25) is 0 Å². The van der Waals surface area contributed by atoms with Crippen molar-refractivity contribution in [3.63, 3.8) is 0 Å². The molecule has 168 valence electrons. The first kappa shape index (κ1) is 21.9. The molecule has 0 radical (unpaired) electrons. The summed E-state index contributed by atoms with van der Waals surface area (Å²) in [6.45, 7) is 0. The molecule has 1 unspecified atom stereocenters.